The quantitative estimate of drug-likeness (QED) is 0.345. The number of halogens is 1. The van der Waals surface area contributed by atoms with Gasteiger partial charge in [0, 0.05) is 43.6 Å². The molecule has 0 bridgehead atoms. The van der Waals surface area contributed by atoms with E-state index in [0.717, 1.165) is 45.4 Å². The van der Waals surface area contributed by atoms with Gasteiger partial charge in [-0.05, 0) is 39.4 Å². The van der Waals surface area contributed by atoms with Crippen LogP contribution in [0.1, 0.15) is 24.8 Å². The number of hydrogen-bond acceptors (Lipinski definition) is 5. The Morgan fingerprint density at radius 3 is 2.58 bits per heavy atom. The first-order valence-corrected chi connectivity index (χ1v) is 9.79. The molecule has 2 N–H and O–H groups in total. The Balaban J connectivity index is 0.00000338. The molecule has 150 valence electrons. The fourth-order valence-corrected chi connectivity index (χ4v) is 3.94. The van der Waals surface area contributed by atoms with E-state index in [9.17, 15) is 0 Å². The summed E-state index contributed by atoms with van der Waals surface area (Å²) in [6.07, 6.45) is 0. The second-order valence-corrected chi connectivity index (χ2v) is 8.19. The van der Waals surface area contributed by atoms with Gasteiger partial charge in [-0.2, -0.15) is 0 Å². The molecule has 6 nitrogen and oxygen atoms in total. The number of ether oxygens (including phenoxy) is 1. The highest BCUT2D eigenvalue weighted by atomic mass is 127. The number of aliphatic imine (C=N–C) groups is 1. The van der Waals surface area contributed by atoms with E-state index >= 15 is 0 Å². The van der Waals surface area contributed by atoms with Crippen molar-refractivity contribution in [1.82, 2.24) is 20.4 Å². The van der Waals surface area contributed by atoms with E-state index in [1.54, 1.807) is 11.3 Å². The maximum absolute atomic E-state index is 5.46. The van der Waals surface area contributed by atoms with Crippen molar-refractivity contribution in [2.24, 2.45) is 4.99 Å². The second kappa shape index (κ2) is 11.4. The zero-order valence-electron chi connectivity index (χ0n) is 16.6. The van der Waals surface area contributed by atoms with Crippen LogP contribution in [0.5, 0.6) is 0 Å². The van der Waals surface area contributed by atoms with Crippen LogP contribution in [0.4, 0.5) is 0 Å². The Labute approximate surface area is 179 Å². The first kappa shape index (κ1) is 23.6. The minimum atomic E-state index is 0. The third-order valence-corrected chi connectivity index (χ3v) is 5.71. The molecule has 1 aliphatic heterocycles. The van der Waals surface area contributed by atoms with Gasteiger partial charge in [-0.15, -0.1) is 35.3 Å². The summed E-state index contributed by atoms with van der Waals surface area (Å²) in [4.78, 5) is 10.5. The van der Waals surface area contributed by atoms with Gasteiger partial charge in [0.05, 0.1) is 19.3 Å². The number of nitrogens with zero attached hydrogens (tertiary/aromatic N) is 3. The minimum Gasteiger partial charge on any atom is -0.379 e. The van der Waals surface area contributed by atoms with Gasteiger partial charge in [0.1, 0.15) is 0 Å². The lowest BCUT2D eigenvalue weighted by molar-refractivity contribution is -0.00834. The van der Waals surface area contributed by atoms with Crippen LogP contribution in [0, 0.1) is 0 Å². The fourth-order valence-electron chi connectivity index (χ4n) is 3.01. The average molecular weight is 495 g/mol. The SMILES string of the molecule is CN=C(NCC(c1cccs1)N(C)C)NCC(C)(C)N1CCOCC1.I. The molecule has 0 saturated carbocycles. The first-order valence-electron chi connectivity index (χ1n) is 8.91. The van der Waals surface area contributed by atoms with Crippen molar-refractivity contribution < 1.29 is 4.74 Å². The van der Waals surface area contributed by atoms with E-state index in [2.05, 4.69) is 70.9 Å². The third kappa shape index (κ3) is 6.95. The molecular formula is C18H34IN5OS. The molecule has 0 aromatic carbocycles. The summed E-state index contributed by atoms with van der Waals surface area (Å²) in [7, 11) is 6.06. The molecule has 1 aromatic rings. The van der Waals surface area contributed by atoms with Crippen molar-refractivity contribution >= 4 is 41.3 Å². The van der Waals surface area contributed by atoms with Gasteiger partial charge in [-0.3, -0.25) is 9.89 Å². The van der Waals surface area contributed by atoms with Crippen LogP contribution in [0.2, 0.25) is 0 Å². The van der Waals surface area contributed by atoms with Crippen molar-refractivity contribution in [3.8, 4) is 0 Å². The summed E-state index contributed by atoms with van der Waals surface area (Å²) in [5, 5.41) is 9.09. The van der Waals surface area contributed by atoms with Crippen LogP contribution in [0.25, 0.3) is 0 Å². The van der Waals surface area contributed by atoms with Crippen molar-refractivity contribution in [3.63, 3.8) is 0 Å². The fraction of sp³-hybridized carbons (Fsp3) is 0.722. The summed E-state index contributed by atoms with van der Waals surface area (Å²) >= 11 is 1.79. The van der Waals surface area contributed by atoms with Crippen molar-refractivity contribution in [2.45, 2.75) is 25.4 Å². The molecule has 1 unspecified atom stereocenters. The Hall–Kier alpha value is -0.420. The molecule has 2 rings (SSSR count). The molecular weight excluding hydrogens is 461 g/mol. The van der Waals surface area contributed by atoms with Gasteiger partial charge >= 0.3 is 0 Å². The van der Waals surface area contributed by atoms with Crippen molar-refractivity contribution in [3.05, 3.63) is 22.4 Å². The van der Waals surface area contributed by atoms with Gasteiger partial charge in [0.15, 0.2) is 5.96 Å². The Morgan fingerprint density at radius 1 is 1.35 bits per heavy atom. The number of nitrogens with one attached hydrogen (secondary N) is 2. The van der Waals surface area contributed by atoms with Crippen LogP contribution in [0.15, 0.2) is 22.5 Å². The zero-order valence-corrected chi connectivity index (χ0v) is 19.8. The highest BCUT2D eigenvalue weighted by molar-refractivity contribution is 14.0. The molecule has 26 heavy (non-hydrogen) atoms. The van der Waals surface area contributed by atoms with E-state index in [0.29, 0.717) is 6.04 Å². The summed E-state index contributed by atoms with van der Waals surface area (Å²) in [6.45, 7) is 9.83. The van der Waals surface area contributed by atoms with E-state index in [1.165, 1.54) is 4.88 Å². The highest BCUT2D eigenvalue weighted by Gasteiger charge is 2.28. The minimum absolute atomic E-state index is 0. The van der Waals surface area contributed by atoms with Crippen LogP contribution in [-0.2, 0) is 4.74 Å². The largest absolute Gasteiger partial charge is 0.379 e. The van der Waals surface area contributed by atoms with E-state index in [4.69, 9.17) is 4.74 Å². The molecule has 1 atom stereocenters. The monoisotopic (exact) mass is 495 g/mol. The van der Waals surface area contributed by atoms with Gasteiger partial charge in [0.2, 0.25) is 0 Å². The standard InChI is InChI=1S/C18H33N5OS.HI/c1-18(2,23-8-10-24-11-9-23)14-21-17(19-3)20-13-15(22(4)5)16-7-6-12-25-16;/h6-7,12,15H,8-11,13-14H2,1-5H3,(H2,19,20,21);1H. The number of thiophene rings is 1. The van der Waals surface area contributed by atoms with Gasteiger partial charge in [-0.1, -0.05) is 6.07 Å². The predicted octanol–water partition coefficient (Wildman–Crippen LogP) is 2.24. The van der Waals surface area contributed by atoms with E-state index in [-0.39, 0.29) is 29.5 Å². The average Bonchev–Trinajstić information content (AvgIpc) is 3.12. The molecule has 0 spiro atoms. The number of hydrogen-bond donors (Lipinski definition) is 2. The van der Waals surface area contributed by atoms with Crippen molar-refractivity contribution in [1.29, 1.82) is 0 Å². The highest BCUT2D eigenvalue weighted by Crippen LogP contribution is 2.22. The number of likely N-dealkylation sites (N-methyl/N-ethyl adjacent to an activating group) is 1. The first-order chi connectivity index (χ1) is 11.9. The molecule has 1 saturated heterocycles. The zero-order chi connectivity index (χ0) is 18.3. The van der Waals surface area contributed by atoms with Crippen LogP contribution in [0.3, 0.4) is 0 Å². The second-order valence-electron chi connectivity index (χ2n) is 7.21. The maximum atomic E-state index is 5.46. The Morgan fingerprint density at radius 2 is 2.04 bits per heavy atom. The van der Waals surface area contributed by atoms with Gasteiger partial charge in [0.25, 0.3) is 0 Å². The lowest BCUT2D eigenvalue weighted by Gasteiger charge is -2.41. The molecule has 0 aliphatic carbocycles. The Kier molecular flexibility index (Phi) is 10.4. The lowest BCUT2D eigenvalue weighted by atomic mass is 10.0. The normalized spacial score (nSPS) is 17.7. The van der Waals surface area contributed by atoms with Gasteiger partial charge in [-0.25, -0.2) is 0 Å². The number of guanidine groups is 1. The third-order valence-electron chi connectivity index (χ3n) is 4.74. The molecule has 1 aliphatic rings. The molecule has 2 heterocycles. The maximum Gasteiger partial charge on any atom is 0.191 e. The lowest BCUT2D eigenvalue weighted by Crippen LogP contribution is -2.56. The predicted molar refractivity (Wildman–Crippen MR) is 122 cm³/mol. The molecule has 8 heteroatoms. The smallest absolute Gasteiger partial charge is 0.191 e. The van der Waals surface area contributed by atoms with E-state index < -0.39 is 0 Å². The summed E-state index contributed by atoms with van der Waals surface area (Å²) in [6, 6.07) is 4.63. The van der Waals surface area contributed by atoms with Crippen molar-refractivity contribution in [2.75, 3.05) is 60.5 Å². The summed E-state index contributed by atoms with van der Waals surface area (Å²) in [5.41, 5.74) is 0.0656. The van der Waals surface area contributed by atoms with Crippen LogP contribution in [-0.4, -0.2) is 81.8 Å². The van der Waals surface area contributed by atoms with E-state index in [1.807, 2.05) is 7.05 Å². The topological polar surface area (TPSA) is 52.1 Å². The summed E-state index contributed by atoms with van der Waals surface area (Å²) in [5.74, 6) is 0.852. The molecule has 1 fully saturated rings. The van der Waals surface area contributed by atoms with Crippen LogP contribution < -0.4 is 10.6 Å². The number of rotatable bonds is 7. The van der Waals surface area contributed by atoms with Gasteiger partial charge < -0.3 is 20.3 Å². The Bertz CT molecular complexity index is 530. The number of morpholine rings is 1. The van der Waals surface area contributed by atoms with Crippen LogP contribution >= 0.6 is 35.3 Å². The molecule has 0 radical (unpaired) electrons. The molecule has 1 aromatic heterocycles. The molecule has 0 amide bonds. The summed E-state index contributed by atoms with van der Waals surface area (Å²) < 4.78 is 5.46.